The van der Waals surface area contributed by atoms with Crippen molar-refractivity contribution in [1.29, 1.82) is 0 Å². The van der Waals surface area contributed by atoms with Crippen molar-refractivity contribution in [3.8, 4) is 0 Å². The second-order valence-electron chi connectivity index (χ2n) is 5.45. The van der Waals surface area contributed by atoms with Crippen LogP contribution in [-0.4, -0.2) is 17.1 Å². The van der Waals surface area contributed by atoms with E-state index in [9.17, 15) is 0 Å². The molecule has 0 aromatic rings. The highest BCUT2D eigenvalue weighted by atomic mass is 14.9. The van der Waals surface area contributed by atoms with Gasteiger partial charge in [-0.1, -0.05) is 26.7 Å². The fraction of sp³-hybridized carbons (Fsp3) is 0.923. The molecule has 2 nitrogen and oxygen atoms in total. The SMILES string of the molecule is CCCC(C)(C)N=C=NC(C)(C)CCC. The Kier molecular flexibility index (Phi) is 5.82. The van der Waals surface area contributed by atoms with Gasteiger partial charge < -0.3 is 0 Å². The molecule has 0 heterocycles. The standard InChI is InChI=1S/C13H26N2/c1-7-9-12(3,4)14-11-15-13(5,6)10-8-2/h7-10H2,1-6H3. The molecular weight excluding hydrogens is 184 g/mol. The minimum Gasteiger partial charge on any atom is -0.219 e. The highest BCUT2D eigenvalue weighted by Crippen LogP contribution is 2.17. The summed E-state index contributed by atoms with van der Waals surface area (Å²) in [7, 11) is 0. The maximum absolute atomic E-state index is 4.40. The number of nitrogens with zero attached hydrogens (tertiary/aromatic N) is 2. The first kappa shape index (κ1) is 14.4. The first-order valence-corrected chi connectivity index (χ1v) is 6.02. The maximum atomic E-state index is 4.40. The van der Waals surface area contributed by atoms with Crippen LogP contribution in [0.25, 0.3) is 0 Å². The summed E-state index contributed by atoms with van der Waals surface area (Å²) < 4.78 is 0. The average Bonchev–Trinajstić information content (AvgIpc) is 2.02. The van der Waals surface area contributed by atoms with Crippen molar-refractivity contribution >= 4 is 6.01 Å². The van der Waals surface area contributed by atoms with Gasteiger partial charge in [0.25, 0.3) is 0 Å². The van der Waals surface area contributed by atoms with E-state index in [4.69, 9.17) is 0 Å². The first-order valence-electron chi connectivity index (χ1n) is 6.02. The van der Waals surface area contributed by atoms with Crippen LogP contribution >= 0.6 is 0 Å². The summed E-state index contributed by atoms with van der Waals surface area (Å²) in [5.41, 5.74) is -0.0267. The molecule has 0 unspecified atom stereocenters. The van der Waals surface area contributed by atoms with E-state index in [1.54, 1.807) is 0 Å². The Balaban J connectivity index is 4.43. The molecule has 2 heteroatoms. The van der Waals surface area contributed by atoms with Crippen molar-refractivity contribution in [2.45, 2.75) is 78.3 Å². The van der Waals surface area contributed by atoms with E-state index in [1.807, 2.05) is 0 Å². The van der Waals surface area contributed by atoms with E-state index in [2.05, 4.69) is 57.5 Å². The molecule has 0 atom stereocenters. The molecule has 0 aromatic heterocycles. The van der Waals surface area contributed by atoms with Gasteiger partial charge in [-0.25, -0.2) is 9.98 Å². The van der Waals surface area contributed by atoms with Gasteiger partial charge in [-0.05, 0) is 40.5 Å². The Morgan fingerprint density at radius 2 is 1.13 bits per heavy atom. The molecule has 0 spiro atoms. The highest BCUT2D eigenvalue weighted by Gasteiger charge is 2.15. The van der Waals surface area contributed by atoms with E-state index in [-0.39, 0.29) is 11.1 Å². The van der Waals surface area contributed by atoms with Crippen molar-refractivity contribution in [2.24, 2.45) is 9.98 Å². The zero-order chi connectivity index (χ0) is 11.9. The molecule has 88 valence electrons. The van der Waals surface area contributed by atoms with Gasteiger partial charge in [0.2, 0.25) is 0 Å². The fourth-order valence-corrected chi connectivity index (χ4v) is 1.63. The van der Waals surface area contributed by atoms with Crippen LogP contribution in [0.2, 0.25) is 0 Å². The van der Waals surface area contributed by atoms with E-state index >= 15 is 0 Å². The lowest BCUT2D eigenvalue weighted by molar-refractivity contribution is 0.464. The van der Waals surface area contributed by atoms with Gasteiger partial charge in [0, 0.05) is 0 Å². The van der Waals surface area contributed by atoms with E-state index in [0.717, 1.165) is 25.7 Å². The highest BCUT2D eigenvalue weighted by molar-refractivity contribution is 5.43. The summed E-state index contributed by atoms with van der Waals surface area (Å²) in [6.45, 7) is 12.9. The molecule has 0 saturated carbocycles. The minimum absolute atomic E-state index is 0.0133. The van der Waals surface area contributed by atoms with E-state index in [0.29, 0.717) is 0 Å². The van der Waals surface area contributed by atoms with Gasteiger partial charge in [-0.3, -0.25) is 0 Å². The van der Waals surface area contributed by atoms with Crippen molar-refractivity contribution in [3.05, 3.63) is 0 Å². The van der Waals surface area contributed by atoms with Crippen molar-refractivity contribution in [1.82, 2.24) is 0 Å². The molecule has 0 saturated heterocycles. The third kappa shape index (κ3) is 7.33. The summed E-state index contributed by atoms with van der Waals surface area (Å²) in [5.74, 6) is 0. The third-order valence-corrected chi connectivity index (χ3v) is 2.43. The number of hydrogen-bond acceptors (Lipinski definition) is 2. The molecule has 0 bridgehead atoms. The summed E-state index contributed by atoms with van der Waals surface area (Å²) in [6.07, 6.45) is 4.47. The first-order chi connectivity index (χ1) is 6.83. The molecule has 0 aromatic carbocycles. The molecule has 0 aliphatic rings. The predicted molar refractivity (Wildman–Crippen MR) is 67.8 cm³/mol. The van der Waals surface area contributed by atoms with Crippen LogP contribution in [0.1, 0.15) is 67.2 Å². The summed E-state index contributed by atoms with van der Waals surface area (Å²) in [5, 5.41) is 0. The van der Waals surface area contributed by atoms with E-state index < -0.39 is 0 Å². The van der Waals surface area contributed by atoms with Gasteiger partial charge in [0.1, 0.15) is 0 Å². The summed E-state index contributed by atoms with van der Waals surface area (Å²) >= 11 is 0. The lowest BCUT2D eigenvalue weighted by Gasteiger charge is -2.18. The van der Waals surface area contributed by atoms with Crippen LogP contribution in [0.5, 0.6) is 0 Å². The lowest BCUT2D eigenvalue weighted by Crippen LogP contribution is -2.17. The maximum Gasteiger partial charge on any atom is 0.0903 e. The van der Waals surface area contributed by atoms with Crippen LogP contribution in [0.15, 0.2) is 9.98 Å². The average molecular weight is 210 g/mol. The van der Waals surface area contributed by atoms with Gasteiger partial charge in [0.15, 0.2) is 0 Å². The fourth-order valence-electron chi connectivity index (χ4n) is 1.63. The van der Waals surface area contributed by atoms with Crippen LogP contribution in [0.4, 0.5) is 0 Å². The van der Waals surface area contributed by atoms with Crippen LogP contribution < -0.4 is 0 Å². The van der Waals surface area contributed by atoms with Gasteiger partial charge >= 0.3 is 0 Å². The Hall–Kier alpha value is -0.620. The zero-order valence-corrected chi connectivity index (χ0v) is 11.2. The summed E-state index contributed by atoms with van der Waals surface area (Å²) in [6, 6.07) is 2.89. The molecule has 0 N–H and O–H groups in total. The Morgan fingerprint density at radius 1 is 0.800 bits per heavy atom. The van der Waals surface area contributed by atoms with Crippen molar-refractivity contribution in [3.63, 3.8) is 0 Å². The smallest absolute Gasteiger partial charge is 0.0903 e. The molecule has 0 aliphatic heterocycles. The number of aliphatic imine (C=N–C) groups is 2. The molecular formula is C13H26N2. The summed E-state index contributed by atoms with van der Waals surface area (Å²) in [4.78, 5) is 8.79. The van der Waals surface area contributed by atoms with Gasteiger partial charge in [0.05, 0.1) is 17.1 Å². The monoisotopic (exact) mass is 210 g/mol. The Bertz CT molecular complexity index is 211. The minimum atomic E-state index is -0.0133. The molecule has 15 heavy (non-hydrogen) atoms. The largest absolute Gasteiger partial charge is 0.219 e. The zero-order valence-electron chi connectivity index (χ0n) is 11.2. The molecule has 0 amide bonds. The van der Waals surface area contributed by atoms with Crippen molar-refractivity contribution in [2.75, 3.05) is 0 Å². The Labute approximate surface area is 94.9 Å². The number of hydrogen-bond donors (Lipinski definition) is 0. The lowest BCUT2D eigenvalue weighted by atomic mass is 10.00. The Morgan fingerprint density at radius 3 is 1.40 bits per heavy atom. The predicted octanol–water partition coefficient (Wildman–Crippen LogP) is 4.32. The van der Waals surface area contributed by atoms with Crippen LogP contribution in [0.3, 0.4) is 0 Å². The molecule has 0 aliphatic carbocycles. The third-order valence-electron chi connectivity index (χ3n) is 2.43. The van der Waals surface area contributed by atoms with Crippen LogP contribution in [0, 0.1) is 0 Å². The van der Waals surface area contributed by atoms with Gasteiger partial charge in [-0.2, -0.15) is 0 Å². The second kappa shape index (κ2) is 6.07. The topological polar surface area (TPSA) is 24.7 Å². The molecule has 0 radical (unpaired) electrons. The second-order valence-corrected chi connectivity index (χ2v) is 5.45. The molecule has 0 rings (SSSR count). The van der Waals surface area contributed by atoms with E-state index in [1.165, 1.54) is 0 Å². The molecule has 0 fully saturated rings. The van der Waals surface area contributed by atoms with Gasteiger partial charge in [-0.15, -0.1) is 0 Å². The number of rotatable bonds is 6. The van der Waals surface area contributed by atoms with Crippen LogP contribution in [-0.2, 0) is 0 Å². The normalized spacial score (nSPS) is 12.1. The quantitative estimate of drug-likeness (QED) is 0.583. The van der Waals surface area contributed by atoms with Crippen molar-refractivity contribution < 1.29 is 0 Å².